The molecule has 4 nitrogen and oxygen atoms in total. The van der Waals surface area contributed by atoms with Crippen LogP contribution in [0, 0.1) is 11.7 Å². The van der Waals surface area contributed by atoms with E-state index in [-0.39, 0.29) is 22.6 Å². The Hall–Kier alpha value is -1.30. The second-order valence-corrected chi connectivity index (χ2v) is 8.04. The molecular formula is C16H19FN2O2S. The van der Waals surface area contributed by atoms with Gasteiger partial charge in [-0.2, -0.15) is 0 Å². The van der Waals surface area contributed by atoms with Crippen LogP contribution in [0.3, 0.4) is 0 Å². The maximum Gasteiger partial charge on any atom is 0.250 e. The lowest BCUT2D eigenvalue weighted by molar-refractivity contribution is -0.143. The molecule has 1 aromatic rings. The lowest BCUT2D eigenvalue weighted by Gasteiger charge is -2.49. The maximum atomic E-state index is 13.6. The van der Waals surface area contributed by atoms with E-state index in [1.54, 1.807) is 12.3 Å². The van der Waals surface area contributed by atoms with Crippen molar-refractivity contribution in [3.63, 3.8) is 0 Å². The highest BCUT2D eigenvalue weighted by Gasteiger charge is 2.52. The van der Waals surface area contributed by atoms with E-state index >= 15 is 0 Å². The number of pyridine rings is 1. The number of carbonyl (C=O) groups excluding carboxylic acids is 1. The van der Waals surface area contributed by atoms with Gasteiger partial charge in [-0.1, -0.05) is 6.42 Å². The van der Waals surface area contributed by atoms with Crippen LogP contribution in [0.25, 0.3) is 0 Å². The lowest BCUT2D eigenvalue weighted by Crippen LogP contribution is -2.62. The van der Waals surface area contributed by atoms with E-state index in [1.165, 1.54) is 12.5 Å². The smallest absolute Gasteiger partial charge is 0.250 e. The van der Waals surface area contributed by atoms with Crippen molar-refractivity contribution in [2.45, 2.75) is 36.5 Å². The summed E-state index contributed by atoms with van der Waals surface area (Å²) >= 11 is 1.85. The van der Waals surface area contributed by atoms with Crippen LogP contribution >= 0.6 is 11.8 Å². The van der Waals surface area contributed by atoms with Gasteiger partial charge in [-0.15, -0.1) is 11.8 Å². The molecule has 0 radical (unpaired) electrons. The Labute approximate surface area is 133 Å². The van der Waals surface area contributed by atoms with Gasteiger partial charge in [0.1, 0.15) is 6.10 Å². The molecule has 2 aliphatic heterocycles. The maximum absolute atomic E-state index is 13.6. The van der Waals surface area contributed by atoms with E-state index in [2.05, 4.69) is 4.98 Å². The normalized spacial score (nSPS) is 26.6. The second-order valence-electron chi connectivity index (χ2n) is 6.55. The average Bonchev–Trinajstić information content (AvgIpc) is 2.82. The molecule has 3 fully saturated rings. The number of likely N-dealkylation sites (tertiary alicyclic amines) is 1. The summed E-state index contributed by atoms with van der Waals surface area (Å²) in [6.45, 7) is 1.63. The summed E-state index contributed by atoms with van der Waals surface area (Å²) in [7, 11) is 0. The third-order valence-electron chi connectivity index (χ3n) is 4.90. The molecule has 1 spiro atoms. The zero-order valence-corrected chi connectivity index (χ0v) is 13.2. The molecular weight excluding hydrogens is 303 g/mol. The molecule has 0 aromatic carbocycles. The molecule has 3 aliphatic rings. The van der Waals surface area contributed by atoms with E-state index < -0.39 is 5.82 Å². The number of amides is 1. The third-order valence-corrected chi connectivity index (χ3v) is 6.48. The monoisotopic (exact) mass is 322 g/mol. The predicted molar refractivity (Wildman–Crippen MR) is 82.3 cm³/mol. The van der Waals surface area contributed by atoms with Crippen LogP contribution < -0.4 is 4.74 Å². The number of halogens is 1. The highest BCUT2D eigenvalue weighted by Crippen LogP contribution is 2.47. The number of carbonyl (C=O) groups is 1. The molecule has 1 aromatic heterocycles. The lowest BCUT2D eigenvalue weighted by atomic mass is 9.82. The molecule has 118 valence electrons. The predicted octanol–water partition coefficient (Wildman–Crippen LogP) is 2.49. The quantitative estimate of drug-likeness (QED) is 0.857. The molecule has 4 rings (SSSR count). The van der Waals surface area contributed by atoms with Crippen LogP contribution in [0.15, 0.2) is 18.3 Å². The highest BCUT2D eigenvalue weighted by atomic mass is 32.2. The van der Waals surface area contributed by atoms with Gasteiger partial charge in [0.25, 0.3) is 5.88 Å². The summed E-state index contributed by atoms with van der Waals surface area (Å²) in [6, 6.07) is 2.92. The molecule has 22 heavy (non-hydrogen) atoms. The van der Waals surface area contributed by atoms with Gasteiger partial charge in [0.15, 0.2) is 5.82 Å². The largest absolute Gasteiger partial charge is 0.471 e. The fourth-order valence-corrected chi connectivity index (χ4v) is 4.96. The summed E-state index contributed by atoms with van der Waals surface area (Å²) in [5.74, 6) is 1.12. The van der Waals surface area contributed by atoms with Crippen molar-refractivity contribution < 1.29 is 13.9 Å². The first kappa shape index (κ1) is 14.3. The van der Waals surface area contributed by atoms with E-state index in [4.69, 9.17) is 4.74 Å². The van der Waals surface area contributed by atoms with Gasteiger partial charge in [0.2, 0.25) is 5.91 Å². The Bertz CT molecular complexity index is 587. The van der Waals surface area contributed by atoms with Gasteiger partial charge in [-0.25, -0.2) is 9.37 Å². The molecule has 0 bridgehead atoms. The fourth-order valence-electron chi connectivity index (χ4n) is 3.43. The van der Waals surface area contributed by atoms with Crippen molar-refractivity contribution in [3.05, 3.63) is 24.1 Å². The molecule has 0 N–H and O–H groups in total. The van der Waals surface area contributed by atoms with Gasteiger partial charge >= 0.3 is 0 Å². The molecule has 2 saturated heterocycles. The number of hydrogen-bond donors (Lipinski definition) is 0. The number of hydrogen-bond acceptors (Lipinski definition) is 4. The molecule has 1 atom stereocenters. The van der Waals surface area contributed by atoms with Crippen molar-refractivity contribution >= 4 is 17.7 Å². The van der Waals surface area contributed by atoms with Gasteiger partial charge in [-0.3, -0.25) is 4.79 Å². The minimum atomic E-state index is -0.413. The van der Waals surface area contributed by atoms with Gasteiger partial charge in [-0.05, 0) is 25.0 Å². The van der Waals surface area contributed by atoms with E-state index in [1.807, 2.05) is 16.7 Å². The van der Waals surface area contributed by atoms with Crippen LogP contribution in [0.2, 0.25) is 0 Å². The van der Waals surface area contributed by atoms with E-state index in [0.29, 0.717) is 5.91 Å². The molecule has 6 heteroatoms. The Balaban J connectivity index is 1.32. The molecule has 1 saturated carbocycles. The first-order valence-electron chi connectivity index (χ1n) is 7.85. The number of nitrogens with zero attached hydrogens (tertiary/aromatic N) is 2. The van der Waals surface area contributed by atoms with Gasteiger partial charge in [0.05, 0.1) is 4.75 Å². The van der Waals surface area contributed by atoms with E-state index in [0.717, 1.165) is 38.1 Å². The number of thioether (sulfide) groups is 1. The zero-order valence-electron chi connectivity index (χ0n) is 12.3. The SMILES string of the molecule is O=C(C1CCC1)N1CC2(C[C@H](Oc3ncccc3F)CS2)C1. The van der Waals surface area contributed by atoms with Crippen molar-refractivity contribution in [3.8, 4) is 5.88 Å². The van der Waals surface area contributed by atoms with Crippen LogP contribution in [0.5, 0.6) is 5.88 Å². The number of rotatable bonds is 3. The highest BCUT2D eigenvalue weighted by molar-refractivity contribution is 8.01. The van der Waals surface area contributed by atoms with E-state index in [9.17, 15) is 9.18 Å². The van der Waals surface area contributed by atoms with Crippen LogP contribution in [-0.2, 0) is 4.79 Å². The molecule has 1 aliphatic carbocycles. The van der Waals surface area contributed by atoms with Crippen LogP contribution in [0.4, 0.5) is 4.39 Å². The molecule has 1 amide bonds. The Morgan fingerprint density at radius 2 is 2.27 bits per heavy atom. The topological polar surface area (TPSA) is 42.4 Å². The summed E-state index contributed by atoms with van der Waals surface area (Å²) in [4.78, 5) is 18.1. The number of ether oxygens (including phenoxy) is 1. The summed E-state index contributed by atoms with van der Waals surface area (Å²) < 4.78 is 19.4. The first-order valence-corrected chi connectivity index (χ1v) is 8.84. The molecule has 0 unspecified atom stereocenters. The van der Waals surface area contributed by atoms with Crippen molar-refractivity contribution in [1.29, 1.82) is 0 Å². The van der Waals surface area contributed by atoms with Gasteiger partial charge in [0, 0.05) is 37.4 Å². The summed E-state index contributed by atoms with van der Waals surface area (Å²) in [6.07, 6.45) is 5.69. The molecule has 3 heterocycles. The standard InChI is InChI=1S/C16H19FN2O2S/c17-13-5-2-6-18-14(13)21-12-7-16(22-8-12)9-19(10-16)15(20)11-3-1-4-11/h2,5-6,11-12H,1,3-4,7-10H2/t12-/m0/s1. The minimum Gasteiger partial charge on any atom is -0.471 e. The Morgan fingerprint density at radius 3 is 2.95 bits per heavy atom. The Morgan fingerprint density at radius 1 is 1.45 bits per heavy atom. The number of aromatic nitrogens is 1. The summed E-state index contributed by atoms with van der Waals surface area (Å²) in [5.41, 5.74) is 0. The average molecular weight is 322 g/mol. The van der Waals surface area contributed by atoms with Crippen LogP contribution in [-0.4, -0.2) is 45.5 Å². The Kier molecular flexibility index (Phi) is 3.51. The van der Waals surface area contributed by atoms with Crippen molar-refractivity contribution in [2.24, 2.45) is 5.92 Å². The van der Waals surface area contributed by atoms with Crippen molar-refractivity contribution in [1.82, 2.24) is 9.88 Å². The van der Waals surface area contributed by atoms with Gasteiger partial charge < -0.3 is 9.64 Å². The van der Waals surface area contributed by atoms with Crippen molar-refractivity contribution in [2.75, 3.05) is 18.8 Å². The third kappa shape index (κ3) is 2.47. The second kappa shape index (κ2) is 5.41. The zero-order chi connectivity index (χ0) is 15.2. The fraction of sp³-hybridized carbons (Fsp3) is 0.625. The summed E-state index contributed by atoms with van der Waals surface area (Å²) in [5, 5.41) is 0. The first-order chi connectivity index (χ1) is 10.7. The minimum absolute atomic E-state index is 0.0182. The van der Waals surface area contributed by atoms with Crippen LogP contribution in [0.1, 0.15) is 25.7 Å².